The monoisotopic (exact) mass is 1070 g/mol. The molecule has 6 nitrogen and oxygen atoms in total. The molecule has 3 heterocycles. The van der Waals surface area contributed by atoms with Crippen molar-refractivity contribution in [2.24, 2.45) is 0 Å². The Morgan fingerprint density at radius 1 is 0.253 bits per heavy atom. The lowest BCUT2D eigenvalue weighted by atomic mass is 9.71. The van der Waals surface area contributed by atoms with Gasteiger partial charge in [-0.2, -0.15) is 0 Å². The highest BCUT2D eigenvalue weighted by molar-refractivity contribution is 6.11. The molecular formula is C77H57N3O3. The molecule has 0 aliphatic rings. The van der Waals surface area contributed by atoms with Crippen molar-refractivity contribution in [1.29, 1.82) is 0 Å². The van der Waals surface area contributed by atoms with Gasteiger partial charge in [0, 0.05) is 54.8 Å². The highest BCUT2D eigenvalue weighted by Gasteiger charge is 2.32. The Balaban J connectivity index is 0.698. The minimum absolute atomic E-state index is 0.430. The van der Waals surface area contributed by atoms with Gasteiger partial charge in [-0.3, -0.25) is 0 Å². The van der Waals surface area contributed by atoms with Crippen LogP contribution in [-0.4, -0.2) is 13.7 Å². The third kappa shape index (κ3) is 8.93. The average Bonchev–Trinajstić information content (AvgIpc) is 3.84. The summed E-state index contributed by atoms with van der Waals surface area (Å²) in [6.07, 6.45) is 0. The van der Waals surface area contributed by atoms with Crippen molar-refractivity contribution in [3.05, 3.63) is 325 Å². The van der Waals surface area contributed by atoms with Crippen molar-refractivity contribution in [2.45, 2.75) is 32.2 Å². The molecular weight excluding hydrogens is 1010 g/mol. The first-order chi connectivity index (χ1) is 41.0. The zero-order valence-corrected chi connectivity index (χ0v) is 45.9. The van der Waals surface area contributed by atoms with Crippen molar-refractivity contribution in [3.8, 4) is 34.3 Å². The first-order valence-electron chi connectivity index (χ1n) is 28.4. The number of hydrogen-bond acceptors (Lipinski definition) is 3. The van der Waals surface area contributed by atoms with E-state index in [1.165, 1.54) is 65.4 Å². The van der Waals surface area contributed by atoms with E-state index in [2.05, 4.69) is 312 Å². The first-order valence-corrected chi connectivity index (χ1v) is 28.4. The maximum atomic E-state index is 6.56. The van der Waals surface area contributed by atoms with E-state index in [9.17, 15) is 0 Å². The lowest BCUT2D eigenvalue weighted by molar-refractivity contribution is 0.306. The average molecular weight is 1070 g/mol. The number of ether oxygens (including phenoxy) is 3. The summed E-state index contributed by atoms with van der Waals surface area (Å²) in [4.78, 5) is 0. The topological polar surface area (TPSA) is 42.5 Å². The van der Waals surface area contributed by atoms with E-state index in [4.69, 9.17) is 14.2 Å². The Bertz CT molecular complexity index is 4220. The molecule has 0 aliphatic heterocycles. The van der Waals surface area contributed by atoms with Crippen LogP contribution < -0.4 is 14.2 Å². The highest BCUT2D eigenvalue weighted by atomic mass is 16.5. The summed E-state index contributed by atoms with van der Waals surface area (Å²) < 4.78 is 26.7. The third-order valence-electron chi connectivity index (χ3n) is 16.8. The van der Waals surface area contributed by atoms with Crippen LogP contribution >= 0.6 is 0 Å². The van der Waals surface area contributed by atoms with Gasteiger partial charge in [0.2, 0.25) is 0 Å². The standard InChI is InChI=1S/C77H57N3O3/c1-77(56-35-41-62(42-36-56)81-50-53-17-14-20-59(47-53)78-71-29-8-2-23-65(71)66-24-3-9-30-72(66)78,57-37-43-63(44-38-57)82-51-54-18-15-21-60(48-54)79-73-31-10-4-25-67(73)68-26-5-11-32-74(68)79)58-39-45-64(46-40-58)83-52-55-19-16-22-61(49-55)80-75-33-12-6-27-69(75)70-28-7-13-34-76(70)80/h2-49H,50-52H2,1H3. The quantitative estimate of drug-likeness (QED) is 0.0961. The second-order valence-corrected chi connectivity index (χ2v) is 21.7. The lowest BCUT2D eigenvalue weighted by Gasteiger charge is -2.32. The summed E-state index contributed by atoms with van der Waals surface area (Å²) in [5, 5.41) is 7.46. The minimum Gasteiger partial charge on any atom is -0.489 e. The third-order valence-corrected chi connectivity index (χ3v) is 16.8. The van der Waals surface area contributed by atoms with Gasteiger partial charge in [-0.25, -0.2) is 0 Å². The molecule has 0 saturated heterocycles. The molecule has 15 aromatic rings. The fraction of sp³-hybridized carbons (Fsp3) is 0.0649. The second kappa shape index (κ2) is 20.8. The van der Waals surface area contributed by atoms with E-state index in [-0.39, 0.29) is 0 Å². The van der Waals surface area contributed by atoms with Crippen LogP contribution in [-0.2, 0) is 25.2 Å². The first kappa shape index (κ1) is 49.5. The summed E-state index contributed by atoms with van der Waals surface area (Å²) in [6.45, 7) is 3.59. The van der Waals surface area contributed by atoms with Crippen LogP contribution in [0.1, 0.15) is 40.3 Å². The molecule has 0 atom stereocenters. The highest BCUT2D eigenvalue weighted by Crippen LogP contribution is 2.42. The largest absolute Gasteiger partial charge is 0.489 e. The maximum Gasteiger partial charge on any atom is 0.119 e. The number of benzene rings is 12. The van der Waals surface area contributed by atoms with Crippen molar-refractivity contribution < 1.29 is 14.2 Å². The van der Waals surface area contributed by atoms with Crippen LogP contribution in [0.4, 0.5) is 0 Å². The molecule has 0 radical (unpaired) electrons. The molecule has 0 aliphatic carbocycles. The van der Waals surface area contributed by atoms with Crippen molar-refractivity contribution in [2.75, 3.05) is 0 Å². The van der Waals surface area contributed by atoms with Crippen molar-refractivity contribution in [3.63, 3.8) is 0 Å². The fourth-order valence-electron chi connectivity index (χ4n) is 12.6. The molecule has 6 heteroatoms. The predicted molar refractivity (Wildman–Crippen MR) is 340 cm³/mol. The van der Waals surface area contributed by atoms with Gasteiger partial charge in [0.15, 0.2) is 0 Å². The minimum atomic E-state index is -0.556. The summed E-state index contributed by atoms with van der Waals surface area (Å²) in [5.74, 6) is 2.40. The van der Waals surface area contributed by atoms with Crippen molar-refractivity contribution >= 4 is 65.4 Å². The summed E-state index contributed by atoms with van der Waals surface area (Å²) >= 11 is 0. The molecule has 0 saturated carbocycles. The van der Waals surface area contributed by atoms with E-state index in [0.29, 0.717) is 19.8 Å². The van der Waals surface area contributed by atoms with Gasteiger partial charge in [-0.05, 0) is 149 Å². The Morgan fingerprint density at radius 3 is 0.723 bits per heavy atom. The number of para-hydroxylation sites is 6. The zero-order valence-electron chi connectivity index (χ0n) is 45.9. The van der Waals surface area contributed by atoms with E-state index in [1.54, 1.807) is 0 Å². The molecule has 0 amide bonds. The Morgan fingerprint density at radius 2 is 0.482 bits per heavy atom. The smallest absolute Gasteiger partial charge is 0.119 e. The number of hydrogen-bond donors (Lipinski definition) is 0. The van der Waals surface area contributed by atoms with Gasteiger partial charge in [-0.1, -0.05) is 182 Å². The Labute approximate surface area is 481 Å². The fourth-order valence-corrected chi connectivity index (χ4v) is 12.6. The molecule has 0 N–H and O–H groups in total. The van der Waals surface area contributed by atoms with Gasteiger partial charge in [0.1, 0.15) is 37.1 Å². The van der Waals surface area contributed by atoms with Gasteiger partial charge < -0.3 is 27.9 Å². The summed E-state index contributed by atoms with van der Waals surface area (Å²) in [6, 6.07) is 104. The van der Waals surface area contributed by atoms with E-state index < -0.39 is 5.41 Å². The number of rotatable bonds is 15. The second-order valence-electron chi connectivity index (χ2n) is 21.7. The normalized spacial score (nSPS) is 11.8. The number of nitrogens with zero attached hydrogens (tertiary/aromatic N) is 3. The van der Waals surface area contributed by atoms with Crippen molar-refractivity contribution in [1.82, 2.24) is 13.7 Å². The van der Waals surface area contributed by atoms with Gasteiger partial charge in [0.25, 0.3) is 0 Å². The molecule has 0 bridgehead atoms. The zero-order chi connectivity index (χ0) is 55.3. The van der Waals surface area contributed by atoms with E-state index in [0.717, 1.165) is 67.7 Å². The molecule has 83 heavy (non-hydrogen) atoms. The molecule has 0 unspecified atom stereocenters. The number of aromatic nitrogens is 3. The van der Waals surface area contributed by atoms with Crippen LogP contribution in [0.15, 0.2) is 291 Å². The van der Waals surface area contributed by atoms with Crippen LogP contribution in [0.25, 0.3) is 82.5 Å². The summed E-state index contributed by atoms with van der Waals surface area (Å²) in [7, 11) is 0. The molecule has 0 spiro atoms. The van der Waals surface area contributed by atoms with Gasteiger partial charge >= 0.3 is 0 Å². The van der Waals surface area contributed by atoms with Crippen LogP contribution in [0.5, 0.6) is 17.2 Å². The lowest BCUT2D eigenvalue weighted by Crippen LogP contribution is -2.25. The molecule has 398 valence electrons. The molecule has 0 fully saturated rings. The van der Waals surface area contributed by atoms with Gasteiger partial charge in [-0.15, -0.1) is 0 Å². The van der Waals surface area contributed by atoms with Crippen LogP contribution in [0.3, 0.4) is 0 Å². The molecule has 3 aromatic heterocycles. The summed E-state index contributed by atoms with van der Waals surface area (Å²) in [5.41, 5.74) is 16.5. The Hall–Kier alpha value is -10.6. The van der Waals surface area contributed by atoms with E-state index in [1.807, 2.05) is 0 Å². The van der Waals surface area contributed by atoms with Crippen LogP contribution in [0.2, 0.25) is 0 Å². The molecule has 15 rings (SSSR count). The maximum absolute atomic E-state index is 6.56. The van der Waals surface area contributed by atoms with E-state index >= 15 is 0 Å². The van der Waals surface area contributed by atoms with Gasteiger partial charge in [0.05, 0.1) is 33.1 Å². The van der Waals surface area contributed by atoms with Crippen LogP contribution in [0, 0.1) is 0 Å². The Kier molecular flexibility index (Phi) is 12.4. The number of fused-ring (bicyclic) bond motifs is 9. The predicted octanol–water partition coefficient (Wildman–Crippen LogP) is 19.1. The SMILES string of the molecule is CC(c1ccc(OCc2cccc(-n3c4ccccc4c4ccccc43)c2)cc1)(c1ccc(OCc2cccc(-n3c4ccccc4c4ccccc43)c2)cc1)c1ccc(OCc2cccc(-n3c4ccccc4c4ccccc43)c2)cc1. The molecule has 12 aromatic carbocycles.